The standard InChI is InChI=1S/C14H25N3O3/c1-11(13(18)19)15-14(20)17-8-4-12(5-9-17)10-16-6-2-3-7-16/h11-12H,2-10H2,1H3,(H,15,20)(H,18,19). The van der Waals surface area contributed by atoms with Crippen LogP contribution in [-0.4, -0.2) is 65.7 Å². The molecule has 2 amide bonds. The Kier molecular flexibility index (Phi) is 5.23. The summed E-state index contributed by atoms with van der Waals surface area (Å²) in [6.45, 7) is 6.54. The van der Waals surface area contributed by atoms with Crippen LogP contribution in [0, 0.1) is 5.92 Å². The van der Waals surface area contributed by atoms with Gasteiger partial charge in [-0.15, -0.1) is 0 Å². The first kappa shape index (κ1) is 15.1. The largest absolute Gasteiger partial charge is 0.480 e. The zero-order chi connectivity index (χ0) is 14.5. The Morgan fingerprint density at radius 2 is 1.80 bits per heavy atom. The van der Waals surface area contributed by atoms with Crippen LogP contribution in [-0.2, 0) is 4.79 Å². The number of carbonyl (C=O) groups is 2. The zero-order valence-electron chi connectivity index (χ0n) is 12.2. The maximum Gasteiger partial charge on any atom is 0.325 e. The second-order valence-corrected chi connectivity index (χ2v) is 5.95. The highest BCUT2D eigenvalue weighted by molar-refractivity contribution is 5.82. The van der Waals surface area contributed by atoms with E-state index < -0.39 is 12.0 Å². The fraction of sp³-hybridized carbons (Fsp3) is 0.857. The number of urea groups is 1. The average Bonchev–Trinajstić information content (AvgIpc) is 2.92. The highest BCUT2D eigenvalue weighted by atomic mass is 16.4. The number of aliphatic carboxylic acids is 1. The van der Waals surface area contributed by atoms with Crippen molar-refractivity contribution < 1.29 is 14.7 Å². The normalized spacial score (nSPS) is 22.8. The topological polar surface area (TPSA) is 72.9 Å². The molecule has 6 heteroatoms. The maximum atomic E-state index is 11.9. The van der Waals surface area contributed by atoms with Crippen molar-refractivity contribution in [3.63, 3.8) is 0 Å². The van der Waals surface area contributed by atoms with Gasteiger partial charge in [-0.3, -0.25) is 4.79 Å². The Bertz CT molecular complexity index is 348. The Hall–Kier alpha value is -1.30. The van der Waals surface area contributed by atoms with Crippen LogP contribution in [0.4, 0.5) is 4.79 Å². The number of likely N-dealkylation sites (tertiary alicyclic amines) is 2. The number of piperidine rings is 1. The molecule has 2 aliphatic rings. The number of carboxylic acids is 1. The summed E-state index contributed by atoms with van der Waals surface area (Å²) in [4.78, 5) is 26.9. The van der Waals surface area contributed by atoms with Crippen molar-refractivity contribution in [1.82, 2.24) is 15.1 Å². The van der Waals surface area contributed by atoms with E-state index in [9.17, 15) is 9.59 Å². The first-order valence-electron chi connectivity index (χ1n) is 7.57. The molecule has 2 heterocycles. The molecule has 0 aromatic heterocycles. The molecule has 0 aromatic carbocycles. The second kappa shape index (κ2) is 6.92. The van der Waals surface area contributed by atoms with E-state index in [1.165, 1.54) is 32.9 Å². The summed E-state index contributed by atoms with van der Waals surface area (Å²) < 4.78 is 0. The highest BCUT2D eigenvalue weighted by Crippen LogP contribution is 2.20. The summed E-state index contributed by atoms with van der Waals surface area (Å²) in [6, 6.07) is -1.08. The van der Waals surface area contributed by atoms with Gasteiger partial charge in [0, 0.05) is 19.6 Å². The Morgan fingerprint density at radius 1 is 1.20 bits per heavy atom. The third-order valence-electron chi connectivity index (χ3n) is 4.33. The predicted molar refractivity (Wildman–Crippen MR) is 75.6 cm³/mol. The van der Waals surface area contributed by atoms with Gasteiger partial charge in [-0.25, -0.2) is 4.79 Å². The summed E-state index contributed by atoms with van der Waals surface area (Å²) in [5.41, 5.74) is 0. The summed E-state index contributed by atoms with van der Waals surface area (Å²) >= 11 is 0. The van der Waals surface area contributed by atoms with Crippen molar-refractivity contribution in [2.45, 2.75) is 38.6 Å². The van der Waals surface area contributed by atoms with E-state index in [0.29, 0.717) is 5.92 Å². The molecule has 0 aromatic rings. The van der Waals surface area contributed by atoms with Crippen LogP contribution in [0.15, 0.2) is 0 Å². The molecule has 0 radical (unpaired) electrons. The van der Waals surface area contributed by atoms with Gasteiger partial charge in [0.15, 0.2) is 0 Å². The van der Waals surface area contributed by atoms with Gasteiger partial charge in [-0.2, -0.15) is 0 Å². The fourth-order valence-electron chi connectivity index (χ4n) is 2.99. The molecule has 2 N–H and O–H groups in total. The lowest BCUT2D eigenvalue weighted by molar-refractivity contribution is -0.138. The molecule has 114 valence electrons. The number of carbonyl (C=O) groups excluding carboxylic acids is 1. The lowest BCUT2D eigenvalue weighted by atomic mass is 9.96. The van der Waals surface area contributed by atoms with Gasteiger partial charge in [-0.05, 0) is 51.6 Å². The minimum atomic E-state index is -0.998. The van der Waals surface area contributed by atoms with Gasteiger partial charge in [0.2, 0.25) is 0 Å². The Morgan fingerprint density at radius 3 is 2.35 bits per heavy atom. The van der Waals surface area contributed by atoms with Crippen LogP contribution < -0.4 is 5.32 Å². The van der Waals surface area contributed by atoms with Crippen LogP contribution in [0.5, 0.6) is 0 Å². The van der Waals surface area contributed by atoms with E-state index >= 15 is 0 Å². The molecule has 1 unspecified atom stereocenters. The van der Waals surface area contributed by atoms with Gasteiger partial charge in [0.05, 0.1) is 0 Å². The number of hydrogen-bond acceptors (Lipinski definition) is 3. The van der Waals surface area contributed by atoms with Crippen LogP contribution in [0.3, 0.4) is 0 Å². The third kappa shape index (κ3) is 4.10. The van der Waals surface area contributed by atoms with Crippen molar-refractivity contribution in [2.75, 3.05) is 32.7 Å². The van der Waals surface area contributed by atoms with Crippen LogP contribution in [0.1, 0.15) is 32.6 Å². The molecule has 2 fully saturated rings. The molecular weight excluding hydrogens is 258 g/mol. The number of hydrogen-bond donors (Lipinski definition) is 2. The minimum Gasteiger partial charge on any atom is -0.480 e. The lowest BCUT2D eigenvalue weighted by Gasteiger charge is -2.34. The van der Waals surface area contributed by atoms with E-state index in [0.717, 1.165) is 32.5 Å². The van der Waals surface area contributed by atoms with E-state index in [-0.39, 0.29) is 6.03 Å². The highest BCUT2D eigenvalue weighted by Gasteiger charge is 2.26. The van der Waals surface area contributed by atoms with Crippen molar-refractivity contribution >= 4 is 12.0 Å². The van der Waals surface area contributed by atoms with E-state index in [1.54, 1.807) is 4.90 Å². The molecule has 0 aliphatic carbocycles. The number of rotatable bonds is 4. The van der Waals surface area contributed by atoms with Gasteiger partial charge < -0.3 is 20.2 Å². The summed E-state index contributed by atoms with van der Waals surface area (Å²) in [5, 5.41) is 11.3. The third-order valence-corrected chi connectivity index (χ3v) is 4.33. The number of nitrogens with zero attached hydrogens (tertiary/aromatic N) is 2. The average molecular weight is 283 g/mol. The quantitative estimate of drug-likeness (QED) is 0.806. The molecule has 2 aliphatic heterocycles. The number of carboxylic acid groups (broad SMARTS) is 1. The van der Waals surface area contributed by atoms with Gasteiger partial charge in [0.25, 0.3) is 0 Å². The first-order valence-corrected chi connectivity index (χ1v) is 7.57. The van der Waals surface area contributed by atoms with E-state index in [4.69, 9.17) is 5.11 Å². The van der Waals surface area contributed by atoms with E-state index in [2.05, 4.69) is 10.2 Å². The van der Waals surface area contributed by atoms with Crippen molar-refractivity contribution in [3.05, 3.63) is 0 Å². The Balaban J connectivity index is 1.70. The van der Waals surface area contributed by atoms with Gasteiger partial charge in [0.1, 0.15) is 6.04 Å². The monoisotopic (exact) mass is 283 g/mol. The molecule has 20 heavy (non-hydrogen) atoms. The van der Waals surface area contributed by atoms with E-state index in [1.807, 2.05) is 0 Å². The molecule has 6 nitrogen and oxygen atoms in total. The molecule has 2 saturated heterocycles. The van der Waals surface area contributed by atoms with Gasteiger partial charge >= 0.3 is 12.0 Å². The molecule has 1 atom stereocenters. The van der Waals surface area contributed by atoms with Crippen LogP contribution >= 0.6 is 0 Å². The summed E-state index contributed by atoms with van der Waals surface area (Å²) in [6.07, 6.45) is 4.67. The molecule has 0 saturated carbocycles. The maximum absolute atomic E-state index is 11.9. The molecule has 2 rings (SSSR count). The first-order chi connectivity index (χ1) is 9.56. The SMILES string of the molecule is CC(NC(=O)N1CCC(CN2CCCC2)CC1)C(=O)O. The fourth-order valence-corrected chi connectivity index (χ4v) is 2.99. The van der Waals surface area contributed by atoms with Crippen LogP contribution in [0.25, 0.3) is 0 Å². The van der Waals surface area contributed by atoms with Crippen molar-refractivity contribution in [2.24, 2.45) is 5.92 Å². The second-order valence-electron chi connectivity index (χ2n) is 5.95. The van der Waals surface area contributed by atoms with Crippen molar-refractivity contribution in [3.8, 4) is 0 Å². The molecule has 0 spiro atoms. The smallest absolute Gasteiger partial charge is 0.325 e. The lowest BCUT2D eigenvalue weighted by Crippen LogP contribution is -2.49. The van der Waals surface area contributed by atoms with Crippen molar-refractivity contribution in [1.29, 1.82) is 0 Å². The zero-order valence-corrected chi connectivity index (χ0v) is 12.2. The van der Waals surface area contributed by atoms with Crippen LogP contribution in [0.2, 0.25) is 0 Å². The summed E-state index contributed by atoms with van der Waals surface area (Å²) in [5.74, 6) is -0.323. The van der Waals surface area contributed by atoms with Gasteiger partial charge in [-0.1, -0.05) is 0 Å². The predicted octanol–water partition coefficient (Wildman–Crippen LogP) is 0.977. The summed E-state index contributed by atoms with van der Waals surface area (Å²) in [7, 11) is 0. The Labute approximate surface area is 120 Å². The molecular formula is C14H25N3O3. The molecule has 0 bridgehead atoms. The number of nitrogens with one attached hydrogen (secondary N) is 1. The minimum absolute atomic E-state index is 0.250. The number of amides is 2.